The van der Waals surface area contributed by atoms with E-state index in [9.17, 15) is 4.79 Å². The van der Waals surface area contributed by atoms with Crippen molar-refractivity contribution in [2.75, 3.05) is 26.7 Å². The van der Waals surface area contributed by atoms with Gasteiger partial charge in [-0.1, -0.05) is 29.8 Å². The topological polar surface area (TPSA) is 41.6 Å². The van der Waals surface area contributed by atoms with Crippen LogP contribution in [0.3, 0.4) is 0 Å². The molecule has 20 heavy (non-hydrogen) atoms. The molecule has 0 aliphatic carbocycles. The number of carbonyl (C=O) groups excluding carboxylic acids is 1. The van der Waals surface area contributed by atoms with Crippen molar-refractivity contribution in [1.82, 2.24) is 10.2 Å². The van der Waals surface area contributed by atoms with Crippen LogP contribution in [0.25, 0.3) is 0 Å². The van der Waals surface area contributed by atoms with E-state index in [1.165, 1.54) is 0 Å². The van der Waals surface area contributed by atoms with Gasteiger partial charge in [-0.25, -0.2) is 0 Å². The zero-order valence-corrected chi connectivity index (χ0v) is 12.5. The Morgan fingerprint density at radius 1 is 1.50 bits per heavy atom. The first-order valence-corrected chi connectivity index (χ1v) is 7.35. The predicted molar refractivity (Wildman–Crippen MR) is 79.8 cm³/mol. The number of carbonyl (C=O) groups is 1. The van der Waals surface area contributed by atoms with Crippen molar-refractivity contribution >= 4 is 17.5 Å². The highest BCUT2D eigenvalue weighted by Crippen LogP contribution is 2.18. The Morgan fingerprint density at radius 2 is 2.30 bits per heavy atom. The van der Waals surface area contributed by atoms with Gasteiger partial charge in [0.1, 0.15) is 6.61 Å². The van der Waals surface area contributed by atoms with E-state index in [1.807, 2.05) is 36.2 Å². The molecule has 4 nitrogen and oxygen atoms in total. The summed E-state index contributed by atoms with van der Waals surface area (Å²) < 4.78 is 5.51. The molecule has 1 atom stereocenters. The van der Waals surface area contributed by atoms with Crippen molar-refractivity contribution in [2.24, 2.45) is 0 Å². The van der Waals surface area contributed by atoms with E-state index in [-0.39, 0.29) is 12.5 Å². The number of benzene rings is 1. The van der Waals surface area contributed by atoms with Gasteiger partial charge in [0.2, 0.25) is 5.91 Å². The van der Waals surface area contributed by atoms with Gasteiger partial charge in [0, 0.05) is 24.2 Å². The van der Waals surface area contributed by atoms with Crippen molar-refractivity contribution in [3.63, 3.8) is 0 Å². The molecule has 0 spiro atoms. The lowest BCUT2D eigenvalue weighted by molar-refractivity contribution is -0.137. The van der Waals surface area contributed by atoms with E-state index in [1.54, 1.807) is 0 Å². The Bertz CT molecular complexity index is 453. The number of ether oxygens (including phenoxy) is 1. The highest BCUT2D eigenvalue weighted by molar-refractivity contribution is 6.31. The van der Waals surface area contributed by atoms with Gasteiger partial charge in [-0.2, -0.15) is 0 Å². The number of halogens is 1. The summed E-state index contributed by atoms with van der Waals surface area (Å²) in [6.45, 7) is 2.16. The van der Waals surface area contributed by atoms with Crippen LogP contribution >= 0.6 is 11.6 Å². The third-order valence-corrected chi connectivity index (χ3v) is 3.95. The standard InChI is InChI=1S/C15H21ClN2O2/c1-17-9-13-6-4-8-18(13)15(19)11-20-10-12-5-2-3-7-14(12)16/h2-3,5,7,13,17H,4,6,8-11H2,1H3/t13-/m0/s1. The van der Waals surface area contributed by atoms with E-state index in [2.05, 4.69) is 5.32 Å². The molecule has 1 aliphatic rings. The Labute approximate surface area is 125 Å². The monoisotopic (exact) mass is 296 g/mol. The van der Waals surface area contributed by atoms with E-state index in [0.717, 1.165) is 31.5 Å². The Morgan fingerprint density at radius 3 is 3.05 bits per heavy atom. The van der Waals surface area contributed by atoms with Crippen LogP contribution in [0.5, 0.6) is 0 Å². The van der Waals surface area contributed by atoms with Gasteiger partial charge in [0.25, 0.3) is 0 Å². The Balaban J connectivity index is 1.79. The molecule has 110 valence electrons. The second-order valence-corrected chi connectivity index (χ2v) is 5.43. The number of amides is 1. The van der Waals surface area contributed by atoms with E-state index >= 15 is 0 Å². The molecule has 0 unspecified atom stereocenters. The summed E-state index contributed by atoms with van der Waals surface area (Å²) in [4.78, 5) is 14.1. The maximum atomic E-state index is 12.1. The van der Waals surface area contributed by atoms with Crippen LogP contribution in [-0.2, 0) is 16.1 Å². The molecule has 0 bridgehead atoms. The lowest BCUT2D eigenvalue weighted by Crippen LogP contribution is -2.42. The molecule has 1 heterocycles. The molecular formula is C15H21ClN2O2. The Hall–Kier alpha value is -1.10. The van der Waals surface area contributed by atoms with Crippen molar-refractivity contribution in [2.45, 2.75) is 25.5 Å². The maximum absolute atomic E-state index is 12.1. The summed E-state index contributed by atoms with van der Waals surface area (Å²) in [5.74, 6) is 0.0646. The molecular weight excluding hydrogens is 276 g/mol. The molecule has 0 radical (unpaired) electrons. The zero-order chi connectivity index (χ0) is 14.4. The van der Waals surface area contributed by atoms with E-state index in [4.69, 9.17) is 16.3 Å². The minimum Gasteiger partial charge on any atom is -0.367 e. The lowest BCUT2D eigenvalue weighted by Gasteiger charge is -2.24. The smallest absolute Gasteiger partial charge is 0.248 e. The largest absolute Gasteiger partial charge is 0.367 e. The fraction of sp³-hybridized carbons (Fsp3) is 0.533. The van der Waals surface area contributed by atoms with E-state index in [0.29, 0.717) is 17.7 Å². The van der Waals surface area contributed by atoms with Gasteiger partial charge in [-0.15, -0.1) is 0 Å². The van der Waals surface area contributed by atoms with Crippen molar-refractivity contribution in [1.29, 1.82) is 0 Å². The SMILES string of the molecule is CNC[C@@H]1CCCN1C(=O)COCc1ccccc1Cl. The van der Waals surface area contributed by atoms with Gasteiger partial charge in [0.15, 0.2) is 0 Å². The molecule has 5 heteroatoms. The number of likely N-dealkylation sites (N-methyl/N-ethyl adjacent to an activating group) is 1. The number of rotatable bonds is 6. The number of nitrogens with zero attached hydrogens (tertiary/aromatic N) is 1. The van der Waals surface area contributed by atoms with Gasteiger partial charge >= 0.3 is 0 Å². The molecule has 1 aromatic rings. The molecule has 0 saturated carbocycles. The molecule has 1 amide bonds. The highest BCUT2D eigenvalue weighted by atomic mass is 35.5. The quantitative estimate of drug-likeness (QED) is 0.874. The third-order valence-electron chi connectivity index (χ3n) is 3.58. The Kier molecular flexibility index (Phi) is 5.83. The van der Waals surface area contributed by atoms with Crippen LogP contribution < -0.4 is 5.32 Å². The summed E-state index contributed by atoms with van der Waals surface area (Å²) in [6.07, 6.45) is 2.14. The molecule has 1 aromatic carbocycles. The number of hydrogen-bond acceptors (Lipinski definition) is 3. The summed E-state index contributed by atoms with van der Waals surface area (Å²) in [7, 11) is 1.91. The van der Waals surface area contributed by atoms with Crippen LogP contribution in [0.1, 0.15) is 18.4 Å². The molecule has 0 aromatic heterocycles. The van der Waals surface area contributed by atoms with Crippen molar-refractivity contribution < 1.29 is 9.53 Å². The summed E-state index contributed by atoms with van der Waals surface area (Å²) in [5, 5.41) is 3.81. The highest BCUT2D eigenvalue weighted by Gasteiger charge is 2.27. The number of likely N-dealkylation sites (tertiary alicyclic amines) is 1. The van der Waals surface area contributed by atoms with Gasteiger partial charge < -0.3 is 15.0 Å². The first-order valence-electron chi connectivity index (χ1n) is 6.97. The molecule has 1 saturated heterocycles. The number of nitrogens with one attached hydrogen (secondary N) is 1. The first-order chi connectivity index (χ1) is 9.72. The second kappa shape index (κ2) is 7.62. The first kappa shape index (κ1) is 15.3. The van der Waals surface area contributed by atoms with Gasteiger partial charge in [-0.3, -0.25) is 4.79 Å². The average molecular weight is 297 g/mol. The predicted octanol–water partition coefficient (Wildman–Crippen LogP) is 2.07. The molecule has 1 fully saturated rings. The van der Waals surface area contributed by atoms with Crippen LogP contribution in [0.2, 0.25) is 5.02 Å². The fourth-order valence-corrected chi connectivity index (χ4v) is 2.75. The molecule has 2 rings (SSSR count). The normalized spacial score (nSPS) is 18.5. The second-order valence-electron chi connectivity index (χ2n) is 5.03. The summed E-state index contributed by atoms with van der Waals surface area (Å²) >= 11 is 6.05. The van der Waals surface area contributed by atoms with Crippen molar-refractivity contribution in [3.8, 4) is 0 Å². The van der Waals surface area contributed by atoms with Crippen molar-refractivity contribution in [3.05, 3.63) is 34.9 Å². The van der Waals surface area contributed by atoms with Crippen LogP contribution in [0.4, 0.5) is 0 Å². The van der Waals surface area contributed by atoms with Gasteiger partial charge in [0.05, 0.1) is 6.61 Å². The fourth-order valence-electron chi connectivity index (χ4n) is 2.56. The third kappa shape index (κ3) is 3.95. The summed E-state index contributed by atoms with van der Waals surface area (Å²) in [6, 6.07) is 7.83. The molecule has 1 aliphatic heterocycles. The van der Waals surface area contributed by atoms with Crippen LogP contribution in [0.15, 0.2) is 24.3 Å². The molecule has 1 N–H and O–H groups in total. The maximum Gasteiger partial charge on any atom is 0.248 e. The lowest BCUT2D eigenvalue weighted by atomic mass is 10.2. The average Bonchev–Trinajstić information content (AvgIpc) is 2.89. The number of hydrogen-bond donors (Lipinski definition) is 1. The van der Waals surface area contributed by atoms with Crippen LogP contribution in [-0.4, -0.2) is 43.6 Å². The minimum absolute atomic E-state index is 0.0646. The zero-order valence-electron chi connectivity index (χ0n) is 11.8. The van der Waals surface area contributed by atoms with E-state index < -0.39 is 0 Å². The van der Waals surface area contributed by atoms with Crippen LogP contribution in [0, 0.1) is 0 Å². The summed E-state index contributed by atoms with van der Waals surface area (Å²) in [5.41, 5.74) is 0.912. The minimum atomic E-state index is 0.0646. The van der Waals surface area contributed by atoms with Gasteiger partial charge in [-0.05, 0) is 31.5 Å².